The fraction of sp³-hybridized carbons (Fsp3) is 0.200. The van der Waals surface area contributed by atoms with Crippen molar-refractivity contribution in [2.75, 3.05) is 12.8 Å². The number of nitrogens with zero attached hydrogens (tertiary/aromatic N) is 4. The lowest BCUT2D eigenvalue weighted by Crippen LogP contribution is -2.04. The molecule has 2 aromatic heterocycles. The molecule has 2 N–H and O–H groups in total. The van der Waals surface area contributed by atoms with Gasteiger partial charge in [-0.25, -0.2) is 0 Å². The molecule has 2 rings (SSSR count). The molecule has 0 unspecified atom stereocenters. The van der Waals surface area contributed by atoms with Gasteiger partial charge in [0.2, 0.25) is 5.65 Å². The summed E-state index contributed by atoms with van der Waals surface area (Å²) >= 11 is 0. The van der Waals surface area contributed by atoms with Gasteiger partial charge in [-0.3, -0.25) is 0 Å². The number of fused-ring (bicyclic) bond motifs is 1. The lowest BCUT2D eigenvalue weighted by molar-refractivity contribution is 0.177. The summed E-state index contributed by atoms with van der Waals surface area (Å²) in [5, 5.41) is 7.74. The number of nitrogen functional groups attached to an aromatic ring is 1. The first kappa shape index (κ1) is 6.02. The highest BCUT2D eigenvalue weighted by Gasteiger charge is 2.06. The molecule has 0 saturated heterocycles. The standard InChI is InChI=1S/C5H7N5O/c1-11-9-3-8-10-5(9)4(6)2-7-10/h2-3H,6H2,1H3. The van der Waals surface area contributed by atoms with Gasteiger partial charge < -0.3 is 10.6 Å². The summed E-state index contributed by atoms with van der Waals surface area (Å²) in [6, 6.07) is 0. The van der Waals surface area contributed by atoms with Crippen molar-refractivity contribution in [3.05, 3.63) is 12.5 Å². The Labute approximate surface area is 62.1 Å². The number of aromatic nitrogens is 4. The van der Waals surface area contributed by atoms with Crippen LogP contribution in [0.15, 0.2) is 12.5 Å². The molecule has 58 valence electrons. The third kappa shape index (κ3) is 0.658. The van der Waals surface area contributed by atoms with E-state index in [1.54, 1.807) is 0 Å². The van der Waals surface area contributed by atoms with Crippen molar-refractivity contribution in [3.8, 4) is 0 Å². The maximum Gasteiger partial charge on any atom is 0.216 e. The predicted octanol–water partition coefficient (Wildman–Crippen LogP) is -0.829. The zero-order valence-corrected chi connectivity index (χ0v) is 5.93. The summed E-state index contributed by atoms with van der Waals surface area (Å²) in [5.74, 6) is 0. The first-order valence-corrected chi connectivity index (χ1v) is 3.04. The Balaban J connectivity index is 2.80. The van der Waals surface area contributed by atoms with Gasteiger partial charge in [-0.1, -0.05) is 0 Å². The zero-order valence-electron chi connectivity index (χ0n) is 5.93. The fourth-order valence-electron chi connectivity index (χ4n) is 0.929. The van der Waals surface area contributed by atoms with E-state index in [9.17, 15) is 0 Å². The quantitative estimate of drug-likeness (QED) is 0.580. The minimum Gasteiger partial charge on any atom is -0.414 e. The Morgan fingerprint density at radius 1 is 1.55 bits per heavy atom. The van der Waals surface area contributed by atoms with E-state index < -0.39 is 0 Å². The molecular weight excluding hydrogens is 146 g/mol. The largest absolute Gasteiger partial charge is 0.414 e. The van der Waals surface area contributed by atoms with E-state index in [1.165, 1.54) is 29.0 Å². The van der Waals surface area contributed by atoms with E-state index in [0.717, 1.165) is 0 Å². The van der Waals surface area contributed by atoms with Gasteiger partial charge in [0.15, 0.2) is 6.33 Å². The third-order valence-corrected chi connectivity index (χ3v) is 1.43. The Morgan fingerprint density at radius 2 is 2.36 bits per heavy atom. The van der Waals surface area contributed by atoms with Crippen LogP contribution in [0.2, 0.25) is 0 Å². The molecule has 0 fully saturated rings. The monoisotopic (exact) mass is 153 g/mol. The maximum atomic E-state index is 5.57. The van der Waals surface area contributed by atoms with Crippen LogP contribution in [0, 0.1) is 0 Å². The Hall–Kier alpha value is -1.72. The molecule has 6 nitrogen and oxygen atoms in total. The zero-order chi connectivity index (χ0) is 7.84. The van der Waals surface area contributed by atoms with Gasteiger partial charge in [0.25, 0.3) is 0 Å². The first-order chi connectivity index (χ1) is 5.33. The van der Waals surface area contributed by atoms with E-state index in [0.29, 0.717) is 11.3 Å². The Bertz CT molecular complexity index is 375. The van der Waals surface area contributed by atoms with E-state index in [2.05, 4.69) is 10.2 Å². The van der Waals surface area contributed by atoms with E-state index in [-0.39, 0.29) is 0 Å². The Kier molecular flexibility index (Phi) is 1.03. The van der Waals surface area contributed by atoms with Crippen LogP contribution >= 0.6 is 0 Å². The van der Waals surface area contributed by atoms with Crippen molar-refractivity contribution in [3.63, 3.8) is 0 Å². The van der Waals surface area contributed by atoms with Crippen LogP contribution in [0.5, 0.6) is 0 Å². The average molecular weight is 153 g/mol. The third-order valence-electron chi connectivity index (χ3n) is 1.43. The number of anilines is 1. The second-order valence-electron chi connectivity index (χ2n) is 2.05. The van der Waals surface area contributed by atoms with Crippen molar-refractivity contribution < 1.29 is 4.84 Å². The molecule has 0 aliphatic heterocycles. The molecule has 0 atom stereocenters. The smallest absolute Gasteiger partial charge is 0.216 e. The summed E-state index contributed by atoms with van der Waals surface area (Å²) in [7, 11) is 1.54. The molecule has 11 heavy (non-hydrogen) atoms. The fourth-order valence-corrected chi connectivity index (χ4v) is 0.929. The van der Waals surface area contributed by atoms with Gasteiger partial charge >= 0.3 is 0 Å². The van der Waals surface area contributed by atoms with Gasteiger partial charge in [0.05, 0.1) is 6.20 Å². The average Bonchev–Trinajstić information content (AvgIpc) is 2.54. The van der Waals surface area contributed by atoms with E-state index >= 15 is 0 Å². The lowest BCUT2D eigenvalue weighted by atomic mass is 10.6. The molecule has 0 aromatic carbocycles. The molecule has 0 saturated carbocycles. The second kappa shape index (κ2) is 1.88. The second-order valence-corrected chi connectivity index (χ2v) is 2.05. The number of hydrogen-bond acceptors (Lipinski definition) is 4. The minimum atomic E-state index is 0.546. The van der Waals surface area contributed by atoms with Crippen molar-refractivity contribution in [1.29, 1.82) is 0 Å². The molecular formula is C5H7N5O. The molecule has 0 aliphatic carbocycles. The lowest BCUT2D eigenvalue weighted by Gasteiger charge is -1.96. The van der Waals surface area contributed by atoms with Crippen molar-refractivity contribution in [2.24, 2.45) is 0 Å². The molecule has 0 radical (unpaired) electrons. The summed E-state index contributed by atoms with van der Waals surface area (Å²) in [5.41, 5.74) is 6.76. The van der Waals surface area contributed by atoms with Crippen LogP contribution in [-0.4, -0.2) is 26.7 Å². The molecule has 0 amide bonds. The van der Waals surface area contributed by atoms with Crippen LogP contribution in [0.3, 0.4) is 0 Å². The van der Waals surface area contributed by atoms with Crippen LogP contribution < -0.4 is 10.6 Å². The molecule has 2 aromatic rings. The number of nitrogens with two attached hydrogens (primary N) is 1. The highest BCUT2D eigenvalue weighted by molar-refractivity contribution is 5.62. The van der Waals surface area contributed by atoms with Gasteiger partial charge in [-0.05, 0) is 0 Å². The molecule has 6 heteroatoms. The summed E-state index contributed by atoms with van der Waals surface area (Å²) in [6.45, 7) is 0. The van der Waals surface area contributed by atoms with Crippen molar-refractivity contribution >= 4 is 11.3 Å². The molecule has 0 spiro atoms. The van der Waals surface area contributed by atoms with Crippen molar-refractivity contribution in [1.82, 2.24) is 19.6 Å². The molecule has 2 heterocycles. The summed E-state index contributed by atoms with van der Waals surface area (Å²) in [6.07, 6.45) is 3.02. The van der Waals surface area contributed by atoms with Crippen LogP contribution in [0.1, 0.15) is 0 Å². The van der Waals surface area contributed by atoms with Gasteiger partial charge in [0, 0.05) is 0 Å². The van der Waals surface area contributed by atoms with Crippen molar-refractivity contribution in [2.45, 2.75) is 0 Å². The van der Waals surface area contributed by atoms with Crippen LogP contribution in [-0.2, 0) is 0 Å². The predicted molar refractivity (Wildman–Crippen MR) is 37.9 cm³/mol. The topological polar surface area (TPSA) is 70.4 Å². The summed E-state index contributed by atoms with van der Waals surface area (Å²) in [4.78, 5) is 4.92. The van der Waals surface area contributed by atoms with E-state index in [1.807, 2.05) is 0 Å². The van der Waals surface area contributed by atoms with Gasteiger partial charge in [0.1, 0.15) is 12.8 Å². The van der Waals surface area contributed by atoms with E-state index in [4.69, 9.17) is 10.6 Å². The normalized spacial score (nSPS) is 10.6. The van der Waals surface area contributed by atoms with Crippen LogP contribution in [0.4, 0.5) is 5.69 Å². The maximum absolute atomic E-state index is 5.57. The van der Waals surface area contributed by atoms with Crippen LogP contribution in [0.25, 0.3) is 5.65 Å². The molecule has 0 bridgehead atoms. The molecule has 0 aliphatic rings. The highest BCUT2D eigenvalue weighted by Crippen LogP contribution is 2.09. The number of hydrogen-bond donors (Lipinski definition) is 1. The highest BCUT2D eigenvalue weighted by atomic mass is 16.6. The minimum absolute atomic E-state index is 0.546. The van der Waals surface area contributed by atoms with Gasteiger partial charge in [-0.2, -0.15) is 5.10 Å². The SMILES string of the molecule is COn1cnn2ncc(N)c12. The Morgan fingerprint density at radius 3 is 3.09 bits per heavy atom. The summed E-state index contributed by atoms with van der Waals surface area (Å²) < 4.78 is 2.85. The first-order valence-electron chi connectivity index (χ1n) is 3.04. The number of rotatable bonds is 1. The van der Waals surface area contributed by atoms with Gasteiger partial charge in [-0.15, -0.1) is 14.5 Å².